The molecule has 4 rings (SSSR count). The zero-order valence-electron chi connectivity index (χ0n) is 17.8. The summed E-state index contributed by atoms with van der Waals surface area (Å²) in [5.74, 6) is -3.04. The maximum atomic E-state index is 13.2. The van der Waals surface area contributed by atoms with Crippen molar-refractivity contribution in [3.8, 4) is 11.1 Å². The molecule has 10 heteroatoms. The average Bonchev–Trinajstić information content (AvgIpc) is 3.29. The Labute approximate surface area is 193 Å². The van der Waals surface area contributed by atoms with Gasteiger partial charge in [0.2, 0.25) is 0 Å². The van der Waals surface area contributed by atoms with Gasteiger partial charge < -0.3 is 20.6 Å². The Balaban J connectivity index is 1.39. The van der Waals surface area contributed by atoms with Gasteiger partial charge in [-0.25, -0.2) is 18.4 Å². The van der Waals surface area contributed by atoms with Gasteiger partial charge in [-0.15, -0.1) is 0 Å². The number of likely N-dealkylation sites (tertiary alicyclic amines) is 1. The number of aliphatic carboxylic acids is 1. The molecule has 174 valence electrons. The standard InChI is InChI=1S/C24H20F2N4O4/c25-16-10-17(26)12-19(11-16)29-24(34)28-18-6-3-14(4-7-18)15-5-8-20(27-13-15)22(31)30-9-1-2-21(30)23(32)33/h3-8,10-13,21H,1-2,9H2,(H,32,33)(H2,28,29,34)/t21-/m0/s1. The minimum atomic E-state index is -1.02. The van der Waals surface area contributed by atoms with Gasteiger partial charge in [0.15, 0.2) is 0 Å². The highest BCUT2D eigenvalue weighted by atomic mass is 19.1. The quantitative estimate of drug-likeness (QED) is 0.517. The van der Waals surface area contributed by atoms with Crippen LogP contribution < -0.4 is 10.6 Å². The molecule has 34 heavy (non-hydrogen) atoms. The summed E-state index contributed by atoms with van der Waals surface area (Å²) in [4.78, 5) is 41.6. The zero-order valence-corrected chi connectivity index (χ0v) is 17.8. The molecule has 3 N–H and O–H groups in total. The number of halogens is 2. The van der Waals surface area contributed by atoms with Crippen LogP contribution in [0.4, 0.5) is 25.0 Å². The predicted octanol–water partition coefficient (Wildman–Crippen LogP) is 4.36. The number of rotatable bonds is 5. The Morgan fingerprint density at radius 3 is 2.18 bits per heavy atom. The second-order valence-corrected chi connectivity index (χ2v) is 7.74. The summed E-state index contributed by atoms with van der Waals surface area (Å²) in [6.45, 7) is 0.384. The Bertz CT molecular complexity index is 1210. The molecular formula is C24H20F2N4O4. The van der Waals surface area contributed by atoms with Gasteiger partial charge in [0.05, 0.1) is 0 Å². The van der Waals surface area contributed by atoms with E-state index >= 15 is 0 Å². The molecule has 0 spiro atoms. The Hall–Kier alpha value is -4.34. The van der Waals surface area contributed by atoms with E-state index in [1.54, 1.807) is 36.4 Å². The Morgan fingerprint density at radius 2 is 1.56 bits per heavy atom. The van der Waals surface area contributed by atoms with Crippen LogP contribution in [0.2, 0.25) is 0 Å². The van der Waals surface area contributed by atoms with Crippen LogP contribution in [-0.4, -0.2) is 45.5 Å². The van der Waals surface area contributed by atoms with Gasteiger partial charge in [-0.1, -0.05) is 18.2 Å². The number of amides is 3. The van der Waals surface area contributed by atoms with Gasteiger partial charge in [-0.3, -0.25) is 9.78 Å². The zero-order chi connectivity index (χ0) is 24.2. The van der Waals surface area contributed by atoms with E-state index in [0.717, 1.165) is 23.3 Å². The van der Waals surface area contributed by atoms with E-state index in [2.05, 4.69) is 15.6 Å². The van der Waals surface area contributed by atoms with Crippen LogP contribution in [0.3, 0.4) is 0 Å². The third kappa shape index (κ3) is 5.17. The minimum absolute atomic E-state index is 0.0177. The fourth-order valence-corrected chi connectivity index (χ4v) is 3.77. The SMILES string of the molecule is O=C(Nc1ccc(-c2ccc(C(=O)N3CCC[C@H]3C(=O)O)nc2)cc1)Nc1cc(F)cc(F)c1. The molecule has 3 aromatic rings. The molecule has 2 aromatic carbocycles. The number of pyridine rings is 1. The maximum Gasteiger partial charge on any atom is 0.326 e. The molecule has 0 radical (unpaired) electrons. The van der Waals surface area contributed by atoms with Crippen molar-refractivity contribution < 1.29 is 28.3 Å². The van der Waals surface area contributed by atoms with Gasteiger partial charge in [-0.2, -0.15) is 0 Å². The van der Waals surface area contributed by atoms with E-state index in [-0.39, 0.29) is 11.4 Å². The van der Waals surface area contributed by atoms with Crippen LogP contribution in [0.1, 0.15) is 23.3 Å². The second-order valence-electron chi connectivity index (χ2n) is 7.74. The normalized spacial score (nSPS) is 15.1. The number of benzene rings is 2. The molecule has 8 nitrogen and oxygen atoms in total. The first-order chi connectivity index (χ1) is 16.3. The van der Waals surface area contributed by atoms with E-state index in [0.29, 0.717) is 31.1 Å². The minimum Gasteiger partial charge on any atom is -0.480 e. The van der Waals surface area contributed by atoms with Crippen LogP contribution in [0, 0.1) is 11.6 Å². The molecule has 1 fully saturated rings. The number of anilines is 2. The number of carbonyl (C=O) groups is 3. The monoisotopic (exact) mass is 466 g/mol. The number of carboxylic acid groups (broad SMARTS) is 1. The molecule has 2 heterocycles. The largest absolute Gasteiger partial charge is 0.480 e. The number of nitrogens with one attached hydrogen (secondary N) is 2. The van der Waals surface area contributed by atoms with Crippen molar-refractivity contribution in [3.63, 3.8) is 0 Å². The van der Waals surface area contributed by atoms with Gasteiger partial charge in [0.1, 0.15) is 23.4 Å². The molecule has 1 aliphatic rings. The molecule has 1 saturated heterocycles. The van der Waals surface area contributed by atoms with Gasteiger partial charge in [0.25, 0.3) is 5.91 Å². The summed E-state index contributed by atoms with van der Waals surface area (Å²) >= 11 is 0. The van der Waals surface area contributed by atoms with Gasteiger partial charge in [-0.05, 0) is 48.7 Å². The second kappa shape index (κ2) is 9.65. The average molecular weight is 466 g/mol. The smallest absolute Gasteiger partial charge is 0.326 e. The van der Waals surface area contributed by atoms with Gasteiger partial charge in [0, 0.05) is 35.7 Å². The molecule has 0 aliphatic carbocycles. The first kappa shape index (κ1) is 22.8. The topological polar surface area (TPSA) is 112 Å². The number of carboxylic acids is 1. The number of hydrogen-bond acceptors (Lipinski definition) is 4. The van der Waals surface area contributed by atoms with Crippen LogP contribution in [0.15, 0.2) is 60.8 Å². The molecular weight excluding hydrogens is 446 g/mol. The lowest BCUT2D eigenvalue weighted by molar-refractivity contribution is -0.141. The van der Waals surface area contributed by atoms with Crippen LogP contribution in [0.5, 0.6) is 0 Å². The predicted molar refractivity (Wildman–Crippen MR) is 120 cm³/mol. The summed E-state index contributed by atoms with van der Waals surface area (Å²) in [6, 6.07) is 11.2. The lowest BCUT2D eigenvalue weighted by Crippen LogP contribution is -2.40. The van der Waals surface area contributed by atoms with Crippen molar-refractivity contribution in [2.24, 2.45) is 0 Å². The highest BCUT2D eigenvalue weighted by Crippen LogP contribution is 2.23. The lowest BCUT2D eigenvalue weighted by atomic mass is 10.1. The Kier molecular flexibility index (Phi) is 6.48. The van der Waals surface area contributed by atoms with Crippen molar-refractivity contribution in [2.45, 2.75) is 18.9 Å². The van der Waals surface area contributed by atoms with Crippen LogP contribution in [0.25, 0.3) is 11.1 Å². The van der Waals surface area contributed by atoms with Crippen molar-refractivity contribution in [1.29, 1.82) is 0 Å². The fraction of sp³-hybridized carbons (Fsp3) is 0.167. The van der Waals surface area contributed by atoms with Crippen LogP contribution >= 0.6 is 0 Å². The van der Waals surface area contributed by atoms with Gasteiger partial charge >= 0.3 is 12.0 Å². The first-order valence-corrected chi connectivity index (χ1v) is 10.4. The van der Waals surface area contributed by atoms with Crippen LogP contribution in [-0.2, 0) is 4.79 Å². The lowest BCUT2D eigenvalue weighted by Gasteiger charge is -2.20. The van der Waals surface area contributed by atoms with E-state index in [9.17, 15) is 28.3 Å². The maximum absolute atomic E-state index is 13.2. The summed E-state index contributed by atoms with van der Waals surface area (Å²) < 4.78 is 26.5. The van der Waals surface area contributed by atoms with Crippen molar-refractivity contribution in [3.05, 3.63) is 78.1 Å². The van der Waals surface area contributed by atoms with E-state index in [1.165, 1.54) is 11.1 Å². The van der Waals surface area contributed by atoms with E-state index < -0.39 is 35.6 Å². The molecule has 1 aliphatic heterocycles. The van der Waals surface area contributed by atoms with E-state index in [1.807, 2.05) is 0 Å². The number of carbonyl (C=O) groups excluding carboxylic acids is 2. The van der Waals surface area contributed by atoms with Crippen molar-refractivity contribution in [1.82, 2.24) is 9.88 Å². The molecule has 3 amide bonds. The van der Waals surface area contributed by atoms with E-state index in [4.69, 9.17) is 0 Å². The number of nitrogens with zero attached hydrogens (tertiary/aromatic N) is 2. The summed E-state index contributed by atoms with van der Waals surface area (Å²) in [5.41, 5.74) is 2.09. The van der Waals surface area contributed by atoms with Crippen molar-refractivity contribution >= 4 is 29.3 Å². The number of urea groups is 1. The first-order valence-electron chi connectivity index (χ1n) is 10.4. The highest BCUT2D eigenvalue weighted by molar-refractivity contribution is 6.00. The molecule has 0 saturated carbocycles. The van der Waals surface area contributed by atoms with Crippen molar-refractivity contribution in [2.75, 3.05) is 17.2 Å². The third-order valence-corrected chi connectivity index (χ3v) is 5.38. The third-order valence-electron chi connectivity index (χ3n) is 5.38. The fourth-order valence-electron chi connectivity index (χ4n) is 3.77. The molecule has 0 bridgehead atoms. The Morgan fingerprint density at radius 1 is 0.912 bits per heavy atom. The molecule has 1 aromatic heterocycles. The number of aromatic nitrogens is 1. The molecule has 1 atom stereocenters. The summed E-state index contributed by atoms with van der Waals surface area (Å²) in [6.07, 6.45) is 2.59. The summed E-state index contributed by atoms with van der Waals surface area (Å²) in [7, 11) is 0. The number of hydrogen-bond donors (Lipinski definition) is 3. The highest BCUT2D eigenvalue weighted by Gasteiger charge is 2.34. The summed E-state index contributed by atoms with van der Waals surface area (Å²) in [5, 5.41) is 14.2. The molecule has 0 unspecified atom stereocenters.